The summed E-state index contributed by atoms with van der Waals surface area (Å²) in [5, 5.41) is 0. The molecule has 0 aliphatic rings. The van der Waals surface area contributed by atoms with Crippen LogP contribution in [0.15, 0.2) is 47.1 Å². The third-order valence-corrected chi connectivity index (χ3v) is 2.73. The van der Waals surface area contributed by atoms with Crippen molar-refractivity contribution in [2.24, 2.45) is 0 Å². The van der Waals surface area contributed by atoms with Gasteiger partial charge in [-0.05, 0) is 45.8 Å². The van der Waals surface area contributed by atoms with Gasteiger partial charge in [0.05, 0.1) is 7.11 Å². The summed E-state index contributed by atoms with van der Waals surface area (Å²) < 4.78 is 6.06. The lowest BCUT2D eigenvalue weighted by atomic mass is 10.1. The Balaban J connectivity index is 2.20. The van der Waals surface area contributed by atoms with Crippen molar-refractivity contribution in [3.63, 3.8) is 0 Å². The number of hydrogen-bond donors (Lipinski definition) is 0. The van der Waals surface area contributed by atoms with Crippen molar-refractivity contribution in [3.05, 3.63) is 58.3 Å². The van der Waals surface area contributed by atoms with Gasteiger partial charge in [0.2, 0.25) is 0 Å². The van der Waals surface area contributed by atoms with Crippen molar-refractivity contribution in [1.29, 1.82) is 0 Å². The molecule has 0 amide bonds. The van der Waals surface area contributed by atoms with E-state index in [2.05, 4.69) is 27.0 Å². The fourth-order valence-corrected chi connectivity index (χ4v) is 1.92. The molecule has 0 saturated carbocycles. The molecule has 0 N–H and O–H groups in total. The molecular formula is C13H12BrNO. The molecular weight excluding hydrogens is 266 g/mol. The van der Waals surface area contributed by atoms with E-state index >= 15 is 0 Å². The first-order valence-corrected chi connectivity index (χ1v) is 5.81. The van der Waals surface area contributed by atoms with Crippen molar-refractivity contribution in [2.45, 2.75) is 6.42 Å². The van der Waals surface area contributed by atoms with Crippen molar-refractivity contribution >= 4 is 15.9 Å². The highest BCUT2D eigenvalue weighted by atomic mass is 79.9. The van der Waals surface area contributed by atoms with Crippen LogP contribution < -0.4 is 4.74 Å². The second kappa shape index (κ2) is 5.12. The zero-order valence-corrected chi connectivity index (χ0v) is 10.6. The SMILES string of the molecule is COc1cccc(Cc2cccc(Br)n2)c1. The second-order valence-electron chi connectivity index (χ2n) is 3.48. The van der Waals surface area contributed by atoms with Crippen LogP contribution in [-0.4, -0.2) is 12.1 Å². The van der Waals surface area contributed by atoms with Crippen molar-refractivity contribution < 1.29 is 4.74 Å². The van der Waals surface area contributed by atoms with Crippen LogP contribution in [0.2, 0.25) is 0 Å². The summed E-state index contributed by atoms with van der Waals surface area (Å²) in [6.45, 7) is 0. The summed E-state index contributed by atoms with van der Waals surface area (Å²) in [5.41, 5.74) is 2.24. The van der Waals surface area contributed by atoms with E-state index in [4.69, 9.17) is 4.74 Å². The molecule has 2 aromatic rings. The lowest BCUT2D eigenvalue weighted by molar-refractivity contribution is 0.414. The smallest absolute Gasteiger partial charge is 0.119 e. The minimum absolute atomic E-state index is 0.816. The fraction of sp³-hybridized carbons (Fsp3) is 0.154. The zero-order valence-electron chi connectivity index (χ0n) is 8.98. The molecule has 1 aromatic carbocycles. The average molecular weight is 278 g/mol. The monoisotopic (exact) mass is 277 g/mol. The number of hydrogen-bond acceptors (Lipinski definition) is 2. The van der Waals surface area contributed by atoms with Gasteiger partial charge in [-0.15, -0.1) is 0 Å². The van der Waals surface area contributed by atoms with E-state index in [0.717, 1.165) is 22.5 Å². The Bertz CT molecular complexity index is 485. The van der Waals surface area contributed by atoms with Crippen LogP contribution in [0.1, 0.15) is 11.3 Å². The zero-order chi connectivity index (χ0) is 11.4. The molecule has 0 spiro atoms. The normalized spacial score (nSPS) is 10.1. The maximum Gasteiger partial charge on any atom is 0.119 e. The lowest BCUT2D eigenvalue weighted by Crippen LogP contribution is -1.93. The summed E-state index contributed by atoms with van der Waals surface area (Å²) in [7, 11) is 1.68. The van der Waals surface area contributed by atoms with E-state index in [9.17, 15) is 0 Å². The van der Waals surface area contributed by atoms with Gasteiger partial charge in [-0.3, -0.25) is 0 Å². The fourth-order valence-electron chi connectivity index (χ4n) is 1.54. The number of pyridine rings is 1. The quantitative estimate of drug-likeness (QED) is 0.802. The first-order valence-electron chi connectivity index (χ1n) is 5.02. The van der Waals surface area contributed by atoms with Crippen LogP contribution in [0.4, 0.5) is 0 Å². The molecule has 0 saturated heterocycles. The maximum absolute atomic E-state index is 5.19. The minimum atomic E-state index is 0.816. The second-order valence-corrected chi connectivity index (χ2v) is 4.29. The van der Waals surface area contributed by atoms with Crippen molar-refractivity contribution in [3.8, 4) is 5.75 Å². The van der Waals surface area contributed by atoms with Gasteiger partial charge in [0.15, 0.2) is 0 Å². The van der Waals surface area contributed by atoms with Gasteiger partial charge in [-0.25, -0.2) is 4.98 Å². The van der Waals surface area contributed by atoms with E-state index in [1.807, 2.05) is 36.4 Å². The first kappa shape index (κ1) is 11.1. The Morgan fingerprint density at radius 2 is 2.00 bits per heavy atom. The van der Waals surface area contributed by atoms with Crippen molar-refractivity contribution in [2.75, 3.05) is 7.11 Å². The summed E-state index contributed by atoms with van der Waals surface area (Å²) >= 11 is 3.37. The van der Waals surface area contributed by atoms with Gasteiger partial charge in [0.1, 0.15) is 10.4 Å². The Morgan fingerprint density at radius 1 is 1.19 bits per heavy atom. The van der Waals surface area contributed by atoms with E-state index in [0.29, 0.717) is 0 Å². The highest BCUT2D eigenvalue weighted by Gasteiger charge is 2.00. The molecule has 0 atom stereocenters. The van der Waals surface area contributed by atoms with Crippen LogP contribution in [0, 0.1) is 0 Å². The Morgan fingerprint density at radius 3 is 2.75 bits per heavy atom. The molecule has 16 heavy (non-hydrogen) atoms. The first-order chi connectivity index (χ1) is 7.78. The predicted octanol–water partition coefficient (Wildman–Crippen LogP) is 3.44. The van der Waals surface area contributed by atoms with Gasteiger partial charge >= 0.3 is 0 Å². The molecule has 0 fully saturated rings. The summed E-state index contributed by atoms with van der Waals surface area (Å²) in [6.07, 6.45) is 0.816. The van der Waals surface area contributed by atoms with E-state index in [1.54, 1.807) is 7.11 Å². The molecule has 0 unspecified atom stereocenters. The maximum atomic E-state index is 5.19. The summed E-state index contributed by atoms with van der Waals surface area (Å²) in [5.74, 6) is 0.882. The molecule has 2 nitrogen and oxygen atoms in total. The van der Waals surface area contributed by atoms with Gasteiger partial charge in [-0.1, -0.05) is 18.2 Å². The Kier molecular flexibility index (Phi) is 3.57. The largest absolute Gasteiger partial charge is 0.497 e. The molecule has 0 aliphatic heterocycles. The molecule has 0 aliphatic carbocycles. The number of ether oxygens (including phenoxy) is 1. The lowest BCUT2D eigenvalue weighted by Gasteiger charge is -2.04. The highest BCUT2D eigenvalue weighted by Crippen LogP contribution is 2.16. The third-order valence-electron chi connectivity index (χ3n) is 2.29. The average Bonchev–Trinajstić information content (AvgIpc) is 2.29. The number of benzene rings is 1. The van der Waals surface area contributed by atoms with Crippen LogP contribution in [0.5, 0.6) is 5.75 Å². The van der Waals surface area contributed by atoms with Gasteiger partial charge in [0.25, 0.3) is 0 Å². The van der Waals surface area contributed by atoms with Gasteiger partial charge in [0, 0.05) is 12.1 Å². The standard InChI is InChI=1S/C13H12BrNO/c1-16-12-6-2-4-10(9-12)8-11-5-3-7-13(14)15-11/h2-7,9H,8H2,1H3. The van der Waals surface area contributed by atoms with E-state index < -0.39 is 0 Å². The predicted molar refractivity (Wildman–Crippen MR) is 67.7 cm³/mol. The molecule has 82 valence electrons. The summed E-state index contributed by atoms with van der Waals surface area (Å²) in [6, 6.07) is 14.0. The van der Waals surface area contributed by atoms with Gasteiger partial charge < -0.3 is 4.74 Å². The molecule has 0 radical (unpaired) electrons. The molecule has 0 bridgehead atoms. The Hall–Kier alpha value is -1.35. The highest BCUT2D eigenvalue weighted by molar-refractivity contribution is 9.10. The number of aromatic nitrogens is 1. The van der Waals surface area contributed by atoms with Crippen LogP contribution in [0.25, 0.3) is 0 Å². The van der Waals surface area contributed by atoms with Crippen LogP contribution in [-0.2, 0) is 6.42 Å². The topological polar surface area (TPSA) is 22.1 Å². The number of halogens is 1. The van der Waals surface area contributed by atoms with Crippen LogP contribution >= 0.6 is 15.9 Å². The number of rotatable bonds is 3. The molecule has 2 rings (SSSR count). The molecule has 1 aromatic heterocycles. The minimum Gasteiger partial charge on any atom is -0.497 e. The summed E-state index contributed by atoms with van der Waals surface area (Å²) in [4.78, 5) is 4.40. The third kappa shape index (κ3) is 2.83. The number of nitrogens with zero attached hydrogens (tertiary/aromatic N) is 1. The Labute approximate surface area is 103 Å². The van der Waals surface area contributed by atoms with E-state index in [1.165, 1.54) is 5.56 Å². The van der Waals surface area contributed by atoms with Crippen molar-refractivity contribution in [1.82, 2.24) is 4.98 Å². The number of methoxy groups -OCH3 is 1. The van der Waals surface area contributed by atoms with Crippen LogP contribution in [0.3, 0.4) is 0 Å². The molecule has 1 heterocycles. The van der Waals surface area contributed by atoms with Gasteiger partial charge in [-0.2, -0.15) is 0 Å². The molecule has 3 heteroatoms. The van der Waals surface area contributed by atoms with E-state index in [-0.39, 0.29) is 0 Å².